The third kappa shape index (κ3) is 4.53. The van der Waals surface area contributed by atoms with Gasteiger partial charge in [0.05, 0.1) is 0 Å². The van der Waals surface area contributed by atoms with Crippen LogP contribution in [0.4, 0.5) is 0 Å². The molecule has 2 bridgehead atoms. The molecule has 0 atom stereocenters. The highest BCUT2D eigenvalue weighted by Gasteiger charge is 2.48. The molecule has 3 aliphatic carbocycles. The van der Waals surface area contributed by atoms with Crippen LogP contribution in [-0.2, 0) is 5.41 Å². The highest BCUT2D eigenvalue weighted by atomic mass is 16.5. The van der Waals surface area contributed by atoms with Crippen molar-refractivity contribution in [3.63, 3.8) is 0 Å². The maximum Gasteiger partial charge on any atom is 0.119 e. The Hall–Kier alpha value is -1.24. The van der Waals surface area contributed by atoms with Crippen molar-refractivity contribution >= 4 is 0 Å². The summed E-state index contributed by atoms with van der Waals surface area (Å²) in [6.45, 7) is 5.29. The number of hydrogen-bond acceptors (Lipinski definition) is 1. The van der Waals surface area contributed by atoms with Crippen molar-refractivity contribution < 1.29 is 4.74 Å². The fourth-order valence-electron chi connectivity index (χ4n) is 5.35. The molecule has 0 spiro atoms. The number of fused-ring (bicyclic) bond motifs is 3. The molecule has 1 aromatic carbocycles. The van der Waals surface area contributed by atoms with Gasteiger partial charge in [0, 0.05) is 0 Å². The predicted octanol–water partition coefficient (Wildman–Crippen LogP) is 7.59. The normalized spacial score (nSPS) is 27.9. The fourth-order valence-corrected chi connectivity index (χ4v) is 5.35. The monoisotopic (exact) mass is 354 g/mol. The standard InChI is InChI=1S/C25H38O/c1-3-5-6-7-8-9-21-26-23-12-10-22(11-13-23)25-18-15-24(14-4-2,16-19-25)17-20-25/h8-13H,3-7,14-21H2,1-2H3/b9-8+. The maximum atomic E-state index is 5.89. The number of hydrogen-bond donors (Lipinski definition) is 0. The molecule has 0 aromatic heterocycles. The van der Waals surface area contributed by atoms with Crippen LogP contribution >= 0.6 is 0 Å². The minimum absolute atomic E-state index is 0.465. The van der Waals surface area contributed by atoms with E-state index in [1.807, 2.05) is 0 Å². The summed E-state index contributed by atoms with van der Waals surface area (Å²) in [7, 11) is 0. The zero-order valence-corrected chi connectivity index (χ0v) is 17.1. The third-order valence-corrected chi connectivity index (χ3v) is 7.14. The van der Waals surface area contributed by atoms with Gasteiger partial charge in [0.1, 0.15) is 12.4 Å². The molecule has 0 amide bonds. The molecular formula is C25H38O. The van der Waals surface area contributed by atoms with E-state index in [0.29, 0.717) is 17.4 Å². The zero-order valence-electron chi connectivity index (χ0n) is 17.1. The van der Waals surface area contributed by atoms with Crippen molar-refractivity contribution in [2.45, 2.75) is 96.3 Å². The van der Waals surface area contributed by atoms with Crippen LogP contribution in [0.25, 0.3) is 0 Å². The molecule has 1 nitrogen and oxygen atoms in total. The van der Waals surface area contributed by atoms with Crippen LogP contribution in [0.15, 0.2) is 36.4 Å². The van der Waals surface area contributed by atoms with Gasteiger partial charge in [-0.05, 0) is 86.3 Å². The fraction of sp³-hybridized carbons (Fsp3) is 0.680. The Balaban J connectivity index is 1.49. The zero-order chi connectivity index (χ0) is 18.3. The first-order valence-corrected chi connectivity index (χ1v) is 11.1. The second kappa shape index (κ2) is 9.11. The van der Waals surface area contributed by atoms with E-state index in [2.05, 4.69) is 50.3 Å². The quantitative estimate of drug-likeness (QED) is 0.310. The Kier molecular flexibility index (Phi) is 6.84. The summed E-state index contributed by atoms with van der Waals surface area (Å²) >= 11 is 0. The van der Waals surface area contributed by atoms with Crippen molar-refractivity contribution in [2.24, 2.45) is 5.41 Å². The Morgan fingerprint density at radius 3 is 2.15 bits per heavy atom. The Bertz CT molecular complexity index is 544. The van der Waals surface area contributed by atoms with E-state index in [1.165, 1.54) is 77.0 Å². The molecule has 0 heterocycles. The van der Waals surface area contributed by atoms with E-state index >= 15 is 0 Å². The molecule has 0 aliphatic heterocycles. The van der Waals surface area contributed by atoms with Crippen molar-refractivity contribution in [1.82, 2.24) is 0 Å². The number of unbranched alkanes of at least 4 members (excludes halogenated alkanes) is 3. The summed E-state index contributed by atoms with van der Waals surface area (Å²) in [6.07, 6.45) is 20.8. The van der Waals surface area contributed by atoms with Crippen LogP contribution in [0.2, 0.25) is 0 Å². The minimum atomic E-state index is 0.465. The van der Waals surface area contributed by atoms with Crippen molar-refractivity contribution in [3.8, 4) is 5.75 Å². The summed E-state index contributed by atoms with van der Waals surface area (Å²) in [4.78, 5) is 0. The third-order valence-electron chi connectivity index (χ3n) is 7.14. The van der Waals surface area contributed by atoms with Gasteiger partial charge in [-0.25, -0.2) is 0 Å². The van der Waals surface area contributed by atoms with Gasteiger partial charge in [0.15, 0.2) is 0 Å². The molecule has 3 fully saturated rings. The lowest BCUT2D eigenvalue weighted by molar-refractivity contribution is 0.0320. The first kappa shape index (κ1) is 19.5. The van der Waals surface area contributed by atoms with Gasteiger partial charge < -0.3 is 4.74 Å². The van der Waals surface area contributed by atoms with Gasteiger partial charge in [-0.3, -0.25) is 0 Å². The Labute approximate surface area is 161 Å². The second-order valence-corrected chi connectivity index (χ2v) is 8.83. The Morgan fingerprint density at radius 1 is 0.846 bits per heavy atom. The van der Waals surface area contributed by atoms with E-state index in [1.54, 1.807) is 5.56 Å². The lowest BCUT2D eigenvalue weighted by Gasteiger charge is -2.54. The summed E-state index contributed by atoms with van der Waals surface area (Å²) in [6, 6.07) is 9.08. The van der Waals surface area contributed by atoms with E-state index < -0.39 is 0 Å². The molecule has 0 N–H and O–H groups in total. The average Bonchev–Trinajstić information content (AvgIpc) is 2.69. The largest absolute Gasteiger partial charge is 0.490 e. The maximum absolute atomic E-state index is 5.89. The van der Waals surface area contributed by atoms with Crippen LogP contribution in [0, 0.1) is 5.41 Å². The number of ether oxygens (including phenoxy) is 1. The van der Waals surface area contributed by atoms with Gasteiger partial charge in [-0.2, -0.15) is 0 Å². The molecule has 0 unspecified atom stereocenters. The van der Waals surface area contributed by atoms with Crippen molar-refractivity contribution in [1.29, 1.82) is 0 Å². The van der Waals surface area contributed by atoms with Gasteiger partial charge >= 0.3 is 0 Å². The van der Waals surface area contributed by atoms with E-state index in [9.17, 15) is 0 Å². The molecule has 1 aromatic rings. The molecule has 144 valence electrons. The van der Waals surface area contributed by atoms with Gasteiger partial charge in [-0.1, -0.05) is 57.4 Å². The highest BCUT2D eigenvalue weighted by molar-refractivity contribution is 5.34. The Morgan fingerprint density at radius 2 is 1.54 bits per heavy atom. The lowest BCUT2D eigenvalue weighted by atomic mass is 9.51. The van der Waals surface area contributed by atoms with E-state index in [4.69, 9.17) is 4.74 Å². The molecule has 3 aliphatic rings. The second-order valence-electron chi connectivity index (χ2n) is 8.83. The van der Waals surface area contributed by atoms with E-state index in [0.717, 1.165) is 5.75 Å². The molecule has 4 rings (SSSR count). The van der Waals surface area contributed by atoms with Gasteiger partial charge in [-0.15, -0.1) is 0 Å². The predicted molar refractivity (Wildman–Crippen MR) is 112 cm³/mol. The molecule has 3 saturated carbocycles. The average molecular weight is 355 g/mol. The lowest BCUT2D eigenvalue weighted by Crippen LogP contribution is -2.44. The number of allylic oxidation sites excluding steroid dienone is 1. The van der Waals surface area contributed by atoms with Gasteiger partial charge in [0.25, 0.3) is 0 Å². The smallest absolute Gasteiger partial charge is 0.119 e. The SMILES string of the molecule is CCCCC/C=C/COc1ccc(C23CCC(CCC)(CC2)CC3)cc1. The minimum Gasteiger partial charge on any atom is -0.490 e. The van der Waals surface area contributed by atoms with Crippen LogP contribution in [0.1, 0.15) is 96.5 Å². The highest BCUT2D eigenvalue weighted by Crippen LogP contribution is 2.59. The topological polar surface area (TPSA) is 9.23 Å². The number of benzene rings is 1. The van der Waals surface area contributed by atoms with Crippen LogP contribution < -0.4 is 4.74 Å². The molecule has 1 heteroatoms. The summed E-state index contributed by atoms with van der Waals surface area (Å²) in [5.74, 6) is 1.01. The molecule has 26 heavy (non-hydrogen) atoms. The van der Waals surface area contributed by atoms with Crippen LogP contribution in [0.3, 0.4) is 0 Å². The van der Waals surface area contributed by atoms with Crippen molar-refractivity contribution in [3.05, 3.63) is 42.0 Å². The number of rotatable bonds is 10. The molecule has 0 saturated heterocycles. The first-order chi connectivity index (χ1) is 12.7. The summed E-state index contributed by atoms with van der Waals surface area (Å²) in [5.41, 5.74) is 2.72. The van der Waals surface area contributed by atoms with Crippen molar-refractivity contribution in [2.75, 3.05) is 6.61 Å². The molecule has 0 radical (unpaired) electrons. The summed E-state index contributed by atoms with van der Waals surface area (Å²) < 4.78 is 5.89. The van der Waals surface area contributed by atoms with E-state index in [-0.39, 0.29) is 0 Å². The van der Waals surface area contributed by atoms with Crippen LogP contribution in [-0.4, -0.2) is 6.61 Å². The van der Waals surface area contributed by atoms with Crippen LogP contribution in [0.5, 0.6) is 5.75 Å². The molecular weight excluding hydrogens is 316 g/mol. The summed E-state index contributed by atoms with van der Waals surface area (Å²) in [5, 5.41) is 0. The first-order valence-electron chi connectivity index (χ1n) is 11.1. The van der Waals surface area contributed by atoms with Gasteiger partial charge in [0.2, 0.25) is 0 Å².